The molecule has 1 saturated carbocycles. The summed E-state index contributed by atoms with van der Waals surface area (Å²) in [6, 6.07) is 20.8. The standard InChI is InChI=1S/C24H21N3O3/c25-16-24(12-6-7-13-24)27-22(28)15-30-23(29)19-14-21(17-8-2-1-3-9-17)26-20-11-5-4-10-18(19)20/h1-5,8-11,14H,6-7,12-13,15H2,(H,27,28). The minimum Gasteiger partial charge on any atom is -0.452 e. The molecule has 1 N–H and O–H groups in total. The van der Waals surface area contributed by atoms with Gasteiger partial charge < -0.3 is 10.1 Å². The molecular formula is C24H21N3O3. The van der Waals surface area contributed by atoms with E-state index in [0.717, 1.165) is 18.4 Å². The number of carbonyl (C=O) groups is 2. The lowest BCUT2D eigenvalue weighted by Gasteiger charge is -2.21. The molecule has 1 aliphatic rings. The van der Waals surface area contributed by atoms with Gasteiger partial charge in [-0.25, -0.2) is 9.78 Å². The van der Waals surface area contributed by atoms with Crippen LogP contribution in [0.4, 0.5) is 0 Å². The lowest BCUT2D eigenvalue weighted by Crippen LogP contribution is -2.46. The van der Waals surface area contributed by atoms with Crippen molar-refractivity contribution in [2.45, 2.75) is 31.2 Å². The van der Waals surface area contributed by atoms with E-state index in [1.165, 1.54) is 0 Å². The van der Waals surface area contributed by atoms with Crippen molar-refractivity contribution in [3.05, 3.63) is 66.2 Å². The van der Waals surface area contributed by atoms with Gasteiger partial charge in [0.2, 0.25) is 0 Å². The van der Waals surface area contributed by atoms with Crippen LogP contribution in [0.1, 0.15) is 36.0 Å². The van der Waals surface area contributed by atoms with Gasteiger partial charge in [0.05, 0.1) is 22.8 Å². The number of fused-ring (bicyclic) bond motifs is 1. The van der Waals surface area contributed by atoms with E-state index in [4.69, 9.17) is 4.74 Å². The van der Waals surface area contributed by atoms with Crippen LogP contribution in [0.3, 0.4) is 0 Å². The van der Waals surface area contributed by atoms with Gasteiger partial charge in [0, 0.05) is 10.9 Å². The fourth-order valence-corrected chi connectivity index (χ4v) is 3.86. The van der Waals surface area contributed by atoms with E-state index >= 15 is 0 Å². The van der Waals surface area contributed by atoms with Gasteiger partial charge in [-0.1, -0.05) is 48.5 Å². The summed E-state index contributed by atoms with van der Waals surface area (Å²) in [7, 11) is 0. The molecule has 0 unspecified atom stereocenters. The highest BCUT2D eigenvalue weighted by Crippen LogP contribution is 2.29. The zero-order valence-corrected chi connectivity index (χ0v) is 16.4. The Labute approximate surface area is 174 Å². The number of carbonyl (C=O) groups excluding carboxylic acids is 2. The van der Waals surface area contributed by atoms with Crippen molar-refractivity contribution in [3.63, 3.8) is 0 Å². The molecule has 6 nitrogen and oxygen atoms in total. The lowest BCUT2D eigenvalue weighted by molar-refractivity contribution is -0.125. The number of aromatic nitrogens is 1. The number of nitrogens with zero attached hydrogens (tertiary/aromatic N) is 2. The summed E-state index contributed by atoms with van der Waals surface area (Å²) in [5, 5.41) is 12.8. The molecule has 0 aliphatic heterocycles. The summed E-state index contributed by atoms with van der Waals surface area (Å²) in [4.78, 5) is 29.8. The normalized spacial score (nSPS) is 14.8. The van der Waals surface area contributed by atoms with Crippen molar-refractivity contribution in [1.29, 1.82) is 5.26 Å². The summed E-state index contributed by atoms with van der Waals surface area (Å²) < 4.78 is 5.30. The molecule has 0 spiro atoms. The molecule has 1 amide bonds. The van der Waals surface area contributed by atoms with E-state index in [1.54, 1.807) is 12.1 Å². The number of para-hydroxylation sites is 1. The molecule has 1 aliphatic carbocycles. The van der Waals surface area contributed by atoms with Crippen molar-refractivity contribution in [3.8, 4) is 17.3 Å². The topological polar surface area (TPSA) is 92.1 Å². The van der Waals surface area contributed by atoms with E-state index in [1.807, 2.05) is 48.5 Å². The van der Waals surface area contributed by atoms with E-state index < -0.39 is 24.0 Å². The number of hydrogen-bond acceptors (Lipinski definition) is 5. The van der Waals surface area contributed by atoms with Crippen LogP contribution >= 0.6 is 0 Å². The fraction of sp³-hybridized carbons (Fsp3) is 0.250. The Morgan fingerprint density at radius 3 is 2.50 bits per heavy atom. The first-order valence-corrected chi connectivity index (χ1v) is 9.95. The summed E-state index contributed by atoms with van der Waals surface area (Å²) >= 11 is 0. The smallest absolute Gasteiger partial charge is 0.339 e. The molecule has 0 atom stereocenters. The summed E-state index contributed by atoms with van der Waals surface area (Å²) in [6.07, 6.45) is 3.05. The van der Waals surface area contributed by atoms with Crippen molar-refractivity contribution in [2.24, 2.45) is 0 Å². The SMILES string of the molecule is N#CC1(NC(=O)COC(=O)c2cc(-c3ccccc3)nc3ccccc23)CCCC1. The Kier molecular flexibility index (Phi) is 5.44. The number of pyridine rings is 1. The Hall–Kier alpha value is -3.72. The molecular weight excluding hydrogens is 378 g/mol. The van der Waals surface area contributed by atoms with Crippen LogP contribution in [-0.2, 0) is 9.53 Å². The van der Waals surface area contributed by atoms with Gasteiger partial charge in [0.25, 0.3) is 5.91 Å². The van der Waals surface area contributed by atoms with Gasteiger partial charge in [-0.05, 0) is 37.8 Å². The van der Waals surface area contributed by atoms with Crippen LogP contribution in [0.15, 0.2) is 60.7 Å². The Bertz CT molecular complexity index is 1130. The molecule has 0 saturated heterocycles. The molecule has 0 radical (unpaired) electrons. The van der Waals surface area contributed by atoms with E-state index in [9.17, 15) is 14.9 Å². The predicted molar refractivity (Wildman–Crippen MR) is 112 cm³/mol. The number of hydrogen-bond donors (Lipinski definition) is 1. The third-order valence-corrected chi connectivity index (χ3v) is 5.39. The number of nitriles is 1. The van der Waals surface area contributed by atoms with Crippen molar-refractivity contribution < 1.29 is 14.3 Å². The van der Waals surface area contributed by atoms with Crippen LogP contribution in [0.25, 0.3) is 22.2 Å². The predicted octanol–water partition coefficient (Wildman–Crippen LogP) is 4.01. The summed E-state index contributed by atoms with van der Waals surface area (Å²) in [5.74, 6) is -1.06. The first-order chi connectivity index (χ1) is 14.6. The number of amides is 1. The minimum atomic E-state index is -0.840. The minimum absolute atomic E-state index is 0.350. The molecule has 3 aromatic rings. The number of rotatable bonds is 5. The van der Waals surface area contributed by atoms with Crippen LogP contribution in [0.5, 0.6) is 0 Å². The quantitative estimate of drug-likeness (QED) is 0.655. The molecule has 4 rings (SSSR count). The Balaban J connectivity index is 1.55. The zero-order chi connectivity index (χ0) is 21.0. The second-order valence-corrected chi connectivity index (χ2v) is 7.46. The lowest BCUT2D eigenvalue weighted by atomic mass is 10.00. The monoisotopic (exact) mass is 399 g/mol. The van der Waals surface area contributed by atoms with Crippen LogP contribution in [0, 0.1) is 11.3 Å². The summed E-state index contributed by atoms with van der Waals surface area (Å²) in [5.41, 5.74) is 1.72. The molecule has 1 heterocycles. The number of ether oxygens (including phenoxy) is 1. The van der Waals surface area contributed by atoms with E-state index in [0.29, 0.717) is 35.0 Å². The van der Waals surface area contributed by atoms with Gasteiger partial charge in [0.15, 0.2) is 6.61 Å². The number of nitrogens with one attached hydrogen (secondary N) is 1. The van der Waals surface area contributed by atoms with E-state index in [2.05, 4.69) is 16.4 Å². The average molecular weight is 399 g/mol. The highest BCUT2D eigenvalue weighted by molar-refractivity contribution is 6.05. The van der Waals surface area contributed by atoms with Crippen molar-refractivity contribution in [1.82, 2.24) is 10.3 Å². The second kappa shape index (κ2) is 8.34. The maximum Gasteiger partial charge on any atom is 0.339 e. The largest absolute Gasteiger partial charge is 0.452 e. The van der Waals surface area contributed by atoms with Crippen LogP contribution in [-0.4, -0.2) is 29.0 Å². The highest BCUT2D eigenvalue weighted by Gasteiger charge is 2.35. The van der Waals surface area contributed by atoms with Gasteiger partial charge in [-0.3, -0.25) is 4.79 Å². The van der Waals surface area contributed by atoms with E-state index in [-0.39, 0.29) is 0 Å². The van der Waals surface area contributed by atoms with Crippen LogP contribution < -0.4 is 5.32 Å². The Morgan fingerprint density at radius 1 is 1.07 bits per heavy atom. The third kappa shape index (κ3) is 4.01. The van der Waals surface area contributed by atoms with Gasteiger partial charge in [-0.2, -0.15) is 5.26 Å². The fourth-order valence-electron chi connectivity index (χ4n) is 3.86. The van der Waals surface area contributed by atoms with Crippen LogP contribution in [0.2, 0.25) is 0 Å². The van der Waals surface area contributed by atoms with Gasteiger partial charge in [0.1, 0.15) is 5.54 Å². The Morgan fingerprint density at radius 2 is 1.77 bits per heavy atom. The van der Waals surface area contributed by atoms with Crippen molar-refractivity contribution in [2.75, 3.05) is 6.61 Å². The zero-order valence-electron chi connectivity index (χ0n) is 16.4. The molecule has 150 valence electrons. The first kappa shape index (κ1) is 19.6. The molecule has 6 heteroatoms. The maximum absolute atomic E-state index is 12.8. The second-order valence-electron chi connectivity index (χ2n) is 7.46. The number of esters is 1. The first-order valence-electron chi connectivity index (χ1n) is 9.95. The number of benzene rings is 2. The molecule has 0 bridgehead atoms. The maximum atomic E-state index is 12.8. The molecule has 2 aromatic carbocycles. The highest BCUT2D eigenvalue weighted by atomic mass is 16.5. The molecule has 1 fully saturated rings. The van der Waals surface area contributed by atoms with Gasteiger partial charge >= 0.3 is 5.97 Å². The molecule has 30 heavy (non-hydrogen) atoms. The third-order valence-electron chi connectivity index (χ3n) is 5.39. The molecule has 1 aromatic heterocycles. The summed E-state index contributed by atoms with van der Waals surface area (Å²) in [6.45, 7) is -0.431. The van der Waals surface area contributed by atoms with Crippen molar-refractivity contribution >= 4 is 22.8 Å². The van der Waals surface area contributed by atoms with Gasteiger partial charge in [-0.15, -0.1) is 0 Å². The average Bonchev–Trinajstić information content (AvgIpc) is 3.26.